The number of nitrogens with one attached hydrogen (secondary N) is 1. The van der Waals surface area contributed by atoms with Gasteiger partial charge in [0.25, 0.3) is 0 Å². The Balaban J connectivity index is 1.86. The van der Waals surface area contributed by atoms with Crippen molar-refractivity contribution in [3.05, 3.63) is 105 Å². The van der Waals surface area contributed by atoms with Gasteiger partial charge < -0.3 is 10.2 Å². The Morgan fingerprint density at radius 3 is 2.22 bits per heavy atom. The van der Waals surface area contributed by atoms with Crippen LogP contribution in [0.2, 0.25) is 10.0 Å². The zero-order chi connectivity index (χ0) is 26.8. The van der Waals surface area contributed by atoms with E-state index in [0.717, 1.165) is 22.3 Å². The largest absolute Gasteiger partial charge is 0.354 e. The number of benzene rings is 3. The van der Waals surface area contributed by atoms with Gasteiger partial charge >= 0.3 is 0 Å². The molecule has 0 aliphatic carbocycles. The highest BCUT2D eigenvalue weighted by Crippen LogP contribution is 2.28. The number of nitrogens with zero attached hydrogens (tertiary/aromatic N) is 1. The molecular formula is C30H34Cl2N2O2S. The predicted molar refractivity (Wildman–Crippen MR) is 156 cm³/mol. The maximum atomic E-state index is 13.7. The Bertz CT molecular complexity index is 1170. The molecule has 4 nitrogen and oxygen atoms in total. The van der Waals surface area contributed by atoms with Crippen molar-refractivity contribution in [2.45, 2.75) is 45.5 Å². The Hall–Kier alpha value is -2.47. The van der Waals surface area contributed by atoms with Crippen molar-refractivity contribution in [3.63, 3.8) is 0 Å². The Morgan fingerprint density at radius 1 is 0.919 bits per heavy atom. The molecule has 0 saturated heterocycles. The van der Waals surface area contributed by atoms with Gasteiger partial charge in [0, 0.05) is 35.3 Å². The SMILES string of the molecule is Cc1cccc(CN(C(=O)CSCc2c(Cl)cccc2Cl)C(Cc2ccccc2)C(=O)NCC(C)C)c1. The highest BCUT2D eigenvalue weighted by Gasteiger charge is 2.30. The summed E-state index contributed by atoms with van der Waals surface area (Å²) in [4.78, 5) is 28.9. The number of aryl methyl sites for hydroxylation is 1. The standard InChI is InChI=1S/C30H34Cl2N2O2S/c1-21(2)17-33-30(36)28(16-23-10-5-4-6-11-23)34(18-24-12-7-9-22(3)15-24)29(35)20-37-19-25-26(31)13-8-14-27(25)32/h4-15,21,28H,16-20H2,1-3H3,(H,33,36). The number of carbonyl (C=O) groups is 2. The number of rotatable bonds is 12. The first-order chi connectivity index (χ1) is 17.7. The van der Waals surface area contributed by atoms with E-state index in [1.54, 1.807) is 23.1 Å². The van der Waals surface area contributed by atoms with E-state index in [-0.39, 0.29) is 17.6 Å². The van der Waals surface area contributed by atoms with Crippen LogP contribution in [0.4, 0.5) is 0 Å². The fourth-order valence-corrected chi connectivity index (χ4v) is 5.62. The van der Waals surface area contributed by atoms with Crippen LogP contribution in [0, 0.1) is 12.8 Å². The van der Waals surface area contributed by atoms with Crippen LogP contribution in [0.3, 0.4) is 0 Å². The van der Waals surface area contributed by atoms with E-state index in [0.29, 0.717) is 41.2 Å². The zero-order valence-corrected chi connectivity index (χ0v) is 23.9. The van der Waals surface area contributed by atoms with Crippen LogP contribution in [0.25, 0.3) is 0 Å². The number of hydrogen-bond donors (Lipinski definition) is 1. The van der Waals surface area contributed by atoms with Gasteiger partial charge in [0.15, 0.2) is 0 Å². The number of thioether (sulfide) groups is 1. The second-order valence-electron chi connectivity index (χ2n) is 9.55. The highest BCUT2D eigenvalue weighted by atomic mass is 35.5. The van der Waals surface area contributed by atoms with Crippen molar-refractivity contribution in [1.29, 1.82) is 0 Å². The number of amides is 2. The molecule has 196 valence electrons. The van der Waals surface area contributed by atoms with Gasteiger partial charge in [-0.1, -0.05) is 103 Å². The highest BCUT2D eigenvalue weighted by molar-refractivity contribution is 7.99. The maximum absolute atomic E-state index is 13.7. The lowest BCUT2D eigenvalue weighted by molar-refractivity contribution is -0.139. The van der Waals surface area contributed by atoms with Gasteiger partial charge in [0.05, 0.1) is 5.75 Å². The third kappa shape index (κ3) is 9.10. The molecule has 1 atom stereocenters. The molecule has 0 aliphatic rings. The van der Waals surface area contributed by atoms with Crippen LogP contribution in [-0.4, -0.2) is 35.1 Å². The Morgan fingerprint density at radius 2 is 1.57 bits per heavy atom. The van der Waals surface area contributed by atoms with Crippen LogP contribution in [-0.2, 0) is 28.3 Å². The molecule has 37 heavy (non-hydrogen) atoms. The lowest BCUT2D eigenvalue weighted by atomic mass is 10.0. The fourth-order valence-electron chi connectivity index (χ4n) is 3.98. The lowest BCUT2D eigenvalue weighted by Crippen LogP contribution is -2.51. The molecule has 0 radical (unpaired) electrons. The molecule has 3 aromatic rings. The lowest BCUT2D eigenvalue weighted by Gasteiger charge is -2.32. The zero-order valence-electron chi connectivity index (χ0n) is 21.5. The Labute approximate surface area is 234 Å². The van der Waals surface area contributed by atoms with Crippen molar-refractivity contribution in [2.24, 2.45) is 5.92 Å². The van der Waals surface area contributed by atoms with Crippen LogP contribution < -0.4 is 5.32 Å². The summed E-state index contributed by atoms with van der Waals surface area (Å²) in [5, 5.41) is 4.22. The fraction of sp³-hybridized carbons (Fsp3) is 0.333. The molecule has 0 aliphatic heterocycles. The normalized spacial score (nSPS) is 11.8. The molecule has 3 rings (SSSR count). The smallest absolute Gasteiger partial charge is 0.243 e. The minimum atomic E-state index is -0.640. The van der Waals surface area contributed by atoms with Crippen molar-refractivity contribution in [3.8, 4) is 0 Å². The molecule has 0 heterocycles. The van der Waals surface area contributed by atoms with E-state index >= 15 is 0 Å². The summed E-state index contributed by atoms with van der Waals surface area (Å²) in [5.41, 5.74) is 3.91. The maximum Gasteiger partial charge on any atom is 0.243 e. The Kier molecular flexibility index (Phi) is 11.4. The second kappa shape index (κ2) is 14.5. The van der Waals surface area contributed by atoms with Crippen LogP contribution in [0.1, 0.15) is 36.1 Å². The van der Waals surface area contributed by atoms with Gasteiger partial charge in [0.2, 0.25) is 11.8 Å². The number of halogens is 2. The molecule has 2 amide bonds. The van der Waals surface area contributed by atoms with Crippen molar-refractivity contribution < 1.29 is 9.59 Å². The molecule has 0 fully saturated rings. The molecule has 0 saturated carbocycles. The topological polar surface area (TPSA) is 49.4 Å². The van der Waals surface area contributed by atoms with Crippen LogP contribution in [0.15, 0.2) is 72.8 Å². The summed E-state index contributed by atoms with van der Waals surface area (Å²) in [5.74, 6) is 0.771. The first-order valence-corrected chi connectivity index (χ1v) is 14.3. The minimum absolute atomic E-state index is 0.102. The van der Waals surface area contributed by atoms with E-state index < -0.39 is 6.04 Å². The monoisotopic (exact) mass is 556 g/mol. The molecule has 1 unspecified atom stereocenters. The van der Waals surface area contributed by atoms with E-state index in [1.807, 2.05) is 55.5 Å². The van der Waals surface area contributed by atoms with E-state index in [9.17, 15) is 9.59 Å². The summed E-state index contributed by atoms with van der Waals surface area (Å²) < 4.78 is 0. The minimum Gasteiger partial charge on any atom is -0.354 e. The van der Waals surface area contributed by atoms with E-state index in [2.05, 4.69) is 25.2 Å². The molecule has 1 N–H and O–H groups in total. The average Bonchev–Trinajstić information content (AvgIpc) is 2.87. The molecule has 0 aromatic heterocycles. The quantitative estimate of drug-likeness (QED) is 0.262. The molecule has 0 bridgehead atoms. The predicted octanol–water partition coefficient (Wildman–Crippen LogP) is 6.95. The van der Waals surface area contributed by atoms with E-state index in [1.165, 1.54) is 11.8 Å². The van der Waals surface area contributed by atoms with Gasteiger partial charge in [-0.25, -0.2) is 0 Å². The summed E-state index contributed by atoms with van der Waals surface area (Å²) in [7, 11) is 0. The third-order valence-corrected chi connectivity index (χ3v) is 7.58. The van der Waals surface area contributed by atoms with Gasteiger partial charge in [-0.3, -0.25) is 9.59 Å². The molecular weight excluding hydrogens is 523 g/mol. The van der Waals surface area contributed by atoms with Crippen molar-refractivity contribution in [2.75, 3.05) is 12.3 Å². The van der Waals surface area contributed by atoms with Crippen LogP contribution in [0.5, 0.6) is 0 Å². The summed E-state index contributed by atoms with van der Waals surface area (Å²) in [6.07, 6.45) is 0.434. The first-order valence-electron chi connectivity index (χ1n) is 12.4. The molecule has 3 aromatic carbocycles. The summed E-state index contributed by atoms with van der Waals surface area (Å²) in [6.45, 7) is 7.03. The third-order valence-electron chi connectivity index (χ3n) is 5.92. The van der Waals surface area contributed by atoms with Gasteiger partial charge in [0.1, 0.15) is 6.04 Å². The van der Waals surface area contributed by atoms with Gasteiger partial charge in [-0.05, 0) is 41.7 Å². The molecule has 0 spiro atoms. The second-order valence-corrected chi connectivity index (χ2v) is 11.3. The van der Waals surface area contributed by atoms with Crippen molar-refractivity contribution >= 4 is 46.8 Å². The van der Waals surface area contributed by atoms with Gasteiger partial charge in [-0.2, -0.15) is 0 Å². The number of carbonyl (C=O) groups excluding carboxylic acids is 2. The molecule has 7 heteroatoms. The van der Waals surface area contributed by atoms with Crippen molar-refractivity contribution in [1.82, 2.24) is 10.2 Å². The number of hydrogen-bond acceptors (Lipinski definition) is 3. The van der Waals surface area contributed by atoms with E-state index in [4.69, 9.17) is 23.2 Å². The first kappa shape index (κ1) is 29.1. The van der Waals surface area contributed by atoms with Gasteiger partial charge in [-0.15, -0.1) is 11.8 Å². The average molecular weight is 558 g/mol. The summed E-state index contributed by atoms with van der Waals surface area (Å²) in [6, 6.07) is 22.6. The summed E-state index contributed by atoms with van der Waals surface area (Å²) >= 11 is 14.1. The van der Waals surface area contributed by atoms with Crippen LogP contribution >= 0.6 is 35.0 Å².